The Hall–Kier alpha value is -1.95. The minimum Gasteiger partial charge on any atom is -0.493 e. The zero-order valence-electron chi connectivity index (χ0n) is 11.4. The van der Waals surface area contributed by atoms with Gasteiger partial charge in [-0.2, -0.15) is 5.10 Å². The molecule has 2 rings (SSSR count). The molecule has 1 unspecified atom stereocenters. The van der Waals surface area contributed by atoms with Crippen molar-refractivity contribution in [2.45, 2.75) is 25.9 Å². The van der Waals surface area contributed by atoms with E-state index < -0.39 is 17.7 Å². The van der Waals surface area contributed by atoms with E-state index in [1.54, 1.807) is 18.0 Å². The summed E-state index contributed by atoms with van der Waals surface area (Å²) in [7, 11) is 1.55. The highest BCUT2D eigenvalue weighted by Crippen LogP contribution is 2.26. The number of rotatable bonds is 5. The fourth-order valence-electron chi connectivity index (χ4n) is 2.18. The number of nitrogens with zero attached hydrogens (tertiary/aromatic N) is 2. The van der Waals surface area contributed by atoms with Crippen LogP contribution in [0.5, 0.6) is 5.75 Å². The highest BCUT2D eigenvalue weighted by Gasteiger charge is 2.19. The standard InChI is InChI=1S/C14H17F2N3O/c1-3-19-14(13(20-2)8-18-19)12(17)7-9-4-5-10(15)11(16)6-9/h4-6,8,12H,3,7,17H2,1-2H3. The number of nitrogens with two attached hydrogens (primary N) is 1. The van der Waals surface area contributed by atoms with Gasteiger partial charge in [-0.1, -0.05) is 6.07 Å². The maximum absolute atomic E-state index is 13.2. The molecule has 0 aliphatic heterocycles. The van der Waals surface area contributed by atoms with Crippen molar-refractivity contribution < 1.29 is 13.5 Å². The lowest BCUT2D eigenvalue weighted by Crippen LogP contribution is -2.19. The summed E-state index contributed by atoms with van der Waals surface area (Å²) < 4.78 is 33.1. The van der Waals surface area contributed by atoms with Gasteiger partial charge >= 0.3 is 0 Å². The Morgan fingerprint density at radius 1 is 1.35 bits per heavy atom. The molecule has 108 valence electrons. The number of methoxy groups -OCH3 is 1. The summed E-state index contributed by atoms with van der Waals surface area (Å²) in [6.45, 7) is 2.60. The molecule has 1 heterocycles. The lowest BCUT2D eigenvalue weighted by Gasteiger charge is -2.15. The highest BCUT2D eigenvalue weighted by atomic mass is 19.2. The van der Waals surface area contributed by atoms with Crippen LogP contribution < -0.4 is 10.5 Å². The summed E-state index contributed by atoms with van der Waals surface area (Å²) in [6.07, 6.45) is 1.98. The minimum absolute atomic E-state index is 0.374. The van der Waals surface area contributed by atoms with Crippen LogP contribution in [0.25, 0.3) is 0 Å². The van der Waals surface area contributed by atoms with Crippen LogP contribution in [-0.2, 0) is 13.0 Å². The van der Waals surface area contributed by atoms with Gasteiger partial charge in [0.25, 0.3) is 0 Å². The molecule has 0 aliphatic carbocycles. The van der Waals surface area contributed by atoms with Crippen molar-refractivity contribution >= 4 is 0 Å². The number of aryl methyl sites for hydroxylation is 1. The predicted octanol–water partition coefficient (Wildman–Crippen LogP) is 2.43. The van der Waals surface area contributed by atoms with Crippen LogP contribution in [0, 0.1) is 11.6 Å². The average Bonchev–Trinajstić information content (AvgIpc) is 2.86. The van der Waals surface area contributed by atoms with Crippen molar-refractivity contribution in [2.75, 3.05) is 7.11 Å². The Morgan fingerprint density at radius 3 is 2.70 bits per heavy atom. The third-order valence-electron chi connectivity index (χ3n) is 3.16. The summed E-state index contributed by atoms with van der Waals surface area (Å²) >= 11 is 0. The van der Waals surface area contributed by atoms with E-state index in [1.807, 2.05) is 6.92 Å². The Labute approximate surface area is 116 Å². The molecule has 20 heavy (non-hydrogen) atoms. The largest absolute Gasteiger partial charge is 0.493 e. The number of aromatic nitrogens is 2. The van der Waals surface area contributed by atoms with E-state index in [2.05, 4.69) is 5.10 Å². The normalized spacial score (nSPS) is 12.4. The van der Waals surface area contributed by atoms with Gasteiger partial charge in [0, 0.05) is 6.54 Å². The smallest absolute Gasteiger partial charge is 0.161 e. The molecule has 0 spiro atoms. The molecule has 1 aromatic heterocycles. The van der Waals surface area contributed by atoms with Gasteiger partial charge < -0.3 is 10.5 Å². The molecule has 0 saturated heterocycles. The first-order valence-electron chi connectivity index (χ1n) is 6.36. The second-order valence-electron chi connectivity index (χ2n) is 4.47. The van der Waals surface area contributed by atoms with Crippen molar-refractivity contribution in [1.82, 2.24) is 9.78 Å². The Morgan fingerprint density at radius 2 is 2.10 bits per heavy atom. The summed E-state index contributed by atoms with van der Waals surface area (Å²) in [4.78, 5) is 0. The van der Waals surface area contributed by atoms with Gasteiger partial charge in [0.1, 0.15) is 0 Å². The first-order chi connectivity index (χ1) is 9.56. The van der Waals surface area contributed by atoms with Gasteiger partial charge in [0.15, 0.2) is 17.4 Å². The maximum Gasteiger partial charge on any atom is 0.161 e. The first-order valence-corrected chi connectivity index (χ1v) is 6.36. The van der Waals surface area contributed by atoms with Crippen molar-refractivity contribution in [2.24, 2.45) is 5.73 Å². The van der Waals surface area contributed by atoms with Crippen molar-refractivity contribution in [3.8, 4) is 5.75 Å². The quantitative estimate of drug-likeness (QED) is 0.915. The SMILES string of the molecule is CCn1ncc(OC)c1C(N)Cc1ccc(F)c(F)c1. The summed E-state index contributed by atoms with van der Waals surface area (Å²) in [5.41, 5.74) is 7.53. The molecule has 0 amide bonds. The van der Waals surface area contributed by atoms with Crippen molar-refractivity contribution in [3.05, 3.63) is 47.3 Å². The van der Waals surface area contributed by atoms with Gasteiger partial charge in [0.05, 0.1) is 25.0 Å². The predicted molar refractivity (Wildman–Crippen MR) is 71.4 cm³/mol. The molecular weight excluding hydrogens is 264 g/mol. The number of ether oxygens (including phenoxy) is 1. The van der Waals surface area contributed by atoms with Gasteiger partial charge in [-0.25, -0.2) is 8.78 Å². The van der Waals surface area contributed by atoms with Gasteiger partial charge in [0.2, 0.25) is 0 Å². The zero-order chi connectivity index (χ0) is 14.7. The average molecular weight is 281 g/mol. The molecular formula is C14H17F2N3O. The number of benzene rings is 1. The first kappa shape index (κ1) is 14.5. The van der Waals surface area contributed by atoms with Gasteiger partial charge in [-0.3, -0.25) is 4.68 Å². The molecule has 4 nitrogen and oxygen atoms in total. The van der Waals surface area contributed by atoms with Crippen molar-refractivity contribution in [1.29, 1.82) is 0 Å². The van der Waals surface area contributed by atoms with E-state index in [0.717, 1.165) is 17.8 Å². The molecule has 1 aromatic carbocycles. The topological polar surface area (TPSA) is 53.1 Å². The second kappa shape index (κ2) is 6.00. The third-order valence-corrected chi connectivity index (χ3v) is 3.16. The summed E-state index contributed by atoms with van der Waals surface area (Å²) in [6, 6.07) is 3.38. The lowest BCUT2D eigenvalue weighted by atomic mass is 10.0. The fourth-order valence-corrected chi connectivity index (χ4v) is 2.18. The molecule has 2 N–H and O–H groups in total. The lowest BCUT2D eigenvalue weighted by molar-refractivity contribution is 0.401. The Balaban J connectivity index is 2.25. The number of halogens is 2. The zero-order valence-corrected chi connectivity index (χ0v) is 11.4. The molecule has 0 aliphatic rings. The highest BCUT2D eigenvalue weighted by molar-refractivity contribution is 5.30. The third kappa shape index (κ3) is 2.80. The van der Waals surface area contributed by atoms with Crippen LogP contribution in [0.3, 0.4) is 0 Å². The maximum atomic E-state index is 13.2. The summed E-state index contributed by atoms with van der Waals surface area (Å²) in [5.74, 6) is -1.13. The minimum atomic E-state index is -0.870. The van der Waals surface area contributed by atoms with E-state index in [0.29, 0.717) is 24.3 Å². The summed E-state index contributed by atoms with van der Waals surface area (Å²) in [5, 5.41) is 4.18. The fraction of sp³-hybridized carbons (Fsp3) is 0.357. The Bertz CT molecular complexity index is 577. The van der Waals surface area contributed by atoms with Crippen LogP contribution >= 0.6 is 0 Å². The van der Waals surface area contributed by atoms with Gasteiger partial charge in [-0.05, 0) is 31.0 Å². The van der Waals surface area contributed by atoms with E-state index in [-0.39, 0.29) is 0 Å². The van der Waals surface area contributed by atoms with E-state index in [1.165, 1.54) is 6.07 Å². The Kier molecular flexibility index (Phi) is 4.34. The van der Waals surface area contributed by atoms with Crippen LogP contribution in [0.1, 0.15) is 24.2 Å². The van der Waals surface area contributed by atoms with E-state index >= 15 is 0 Å². The molecule has 6 heteroatoms. The molecule has 0 radical (unpaired) electrons. The number of hydrogen-bond acceptors (Lipinski definition) is 3. The van der Waals surface area contributed by atoms with Crippen LogP contribution in [-0.4, -0.2) is 16.9 Å². The molecule has 2 aromatic rings. The number of hydrogen-bond donors (Lipinski definition) is 1. The van der Waals surface area contributed by atoms with Crippen molar-refractivity contribution in [3.63, 3.8) is 0 Å². The monoisotopic (exact) mass is 281 g/mol. The second-order valence-corrected chi connectivity index (χ2v) is 4.47. The molecule has 1 atom stereocenters. The van der Waals surface area contributed by atoms with Gasteiger partial charge in [-0.15, -0.1) is 0 Å². The van der Waals surface area contributed by atoms with Crippen LogP contribution in [0.4, 0.5) is 8.78 Å². The molecule has 0 fully saturated rings. The van der Waals surface area contributed by atoms with Crippen LogP contribution in [0.2, 0.25) is 0 Å². The van der Waals surface area contributed by atoms with E-state index in [9.17, 15) is 8.78 Å². The van der Waals surface area contributed by atoms with Crippen LogP contribution in [0.15, 0.2) is 24.4 Å². The molecule has 0 saturated carbocycles. The molecule has 0 bridgehead atoms. The van der Waals surface area contributed by atoms with E-state index in [4.69, 9.17) is 10.5 Å².